The first-order valence-corrected chi connectivity index (χ1v) is 4.16. The second-order valence-electron chi connectivity index (χ2n) is 3.40. The molecule has 4 heteroatoms. The molecule has 2 N–H and O–H groups in total. The minimum absolute atomic E-state index is 0.0671. The molecule has 0 aromatic carbocycles. The van der Waals surface area contributed by atoms with Gasteiger partial charge in [0.25, 0.3) is 0 Å². The van der Waals surface area contributed by atoms with Gasteiger partial charge in [-0.25, -0.2) is 0 Å². The van der Waals surface area contributed by atoms with Crippen LogP contribution in [0.25, 0.3) is 0 Å². The standard InChI is InChI=1S/C8H14N2O2/c1-5(2)10(6-3-4-6)8(12)7(9)11/h5-6H,3-4H2,1-2H3,(H2,9,11). The average Bonchev–Trinajstić information content (AvgIpc) is 2.70. The van der Waals surface area contributed by atoms with E-state index >= 15 is 0 Å². The Labute approximate surface area is 71.7 Å². The largest absolute Gasteiger partial charge is 0.361 e. The Bertz CT molecular complexity index is 207. The molecule has 12 heavy (non-hydrogen) atoms. The Morgan fingerprint density at radius 2 is 1.92 bits per heavy atom. The van der Waals surface area contributed by atoms with Gasteiger partial charge in [0.2, 0.25) is 0 Å². The molecule has 2 amide bonds. The van der Waals surface area contributed by atoms with E-state index in [0.29, 0.717) is 0 Å². The van der Waals surface area contributed by atoms with Crippen molar-refractivity contribution in [1.29, 1.82) is 0 Å². The van der Waals surface area contributed by atoms with Gasteiger partial charge in [0.1, 0.15) is 0 Å². The van der Waals surface area contributed by atoms with E-state index in [0.717, 1.165) is 12.8 Å². The highest BCUT2D eigenvalue weighted by Crippen LogP contribution is 2.28. The number of carbonyl (C=O) groups is 2. The van der Waals surface area contributed by atoms with Crippen LogP contribution in [-0.4, -0.2) is 28.8 Å². The maximum Gasteiger partial charge on any atom is 0.312 e. The Hall–Kier alpha value is -1.06. The summed E-state index contributed by atoms with van der Waals surface area (Å²) in [4.78, 5) is 23.4. The summed E-state index contributed by atoms with van der Waals surface area (Å²) >= 11 is 0. The van der Waals surface area contributed by atoms with Gasteiger partial charge in [0.05, 0.1) is 0 Å². The molecule has 0 aromatic heterocycles. The van der Waals surface area contributed by atoms with Crippen molar-refractivity contribution in [2.24, 2.45) is 5.73 Å². The van der Waals surface area contributed by atoms with Gasteiger partial charge < -0.3 is 10.6 Å². The first-order valence-electron chi connectivity index (χ1n) is 4.16. The molecule has 0 aliphatic heterocycles. The SMILES string of the molecule is CC(C)N(C(=O)C(N)=O)C1CC1. The molecule has 0 spiro atoms. The van der Waals surface area contributed by atoms with Crippen molar-refractivity contribution in [3.8, 4) is 0 Å². The van der Waals surface area contributed by atoms with Crippen LogP contribution >= 0.6 is 0 Å². The summed E-state index contributed by atoms with van der Waals surface area (Å²) in [5.74, 6) is -1.40. The van der Waals surface area contributed by atoms with Crippen LogP contribution in [-0.2, 0) is 9.59 Å². The van der Waals surface area contributed by atoms with Gasteiger partial charge in [-0.2, -0.15) is 0 Å². The Morgan fingerprint density at radius 3 is 2.17 bits per heavy atom. The quantitative estimate of drug-likeness (QED) is 0.587. The van der Waals surface area contributed by atoms with E-state index < -0.39 is 11.8 Å². The zero-order valence-electron chi connectivity index (χ0n) is 7.41. The Morgan fingerprint density at radius 1 is 1.42 bits per heavy atom. The lowest BCUT2D eigenvalue weighted by molar-refractivity contribution is -0.145. The molecule has 0 atom stereocenters. The number of hydrogen-bond acceptors (Lipinski definition) is 2. The number of nitrogens with zero attached hydrogens (tertiary/aromatic N) is 1. The summed E-state index contributed by atoms with van der Waals surface area (Å²) in [6.45, 7) is 3.78. The van der Waals surface area contributed by atoms with E-state index in [1.54, 1.807) is 4.90 Å². The Balaban J connectivity index is 2.64. The lowest BCUT2D eigenvalue weighted by Gasteiger charge is -2.24. The smallest absolute Gasteiger partial charge is 0.312 e. The molecule has 0 radical (unpaired) electrons. The highest BCUT2D eigenvalue weighted by Gasteiger charge is 2.36. The van der Waals surface area contributed by atoms with Gasteiger partial charge >= 0.3 is 11.8 Å². The highest BCUT2D eigenvalue weighted by molar-refractivity contribution is 6.34. The third-order valence-corrected chi connectivity index (χ3v) is 1.94. The lowest BCUT2D eigenvalue weighted by atomic mass is 10.3. The third kappa shape index (κ3) is 1.75. The van der Waals surface area contributed by atoms with Gasteiger partial charge in [-0.3, -0.25) is 9.59 Å². The van der Waals surface area contributed by atoms with Crippen molar-refractivity contribution in [2.75, 3.05) is 0 Å². The number of primary amides is 1. The maximum atomic E-state index is 11.2. The predicted molar refractivity (Wildman–Crippen MR) is 44.2 cm³/mol. The van der Waals surface area contributed by atoms with Crippen molar-refractivity contribution < 1.29 is 9.59 Å². The van der Waals surface area contributed by atoms with Crippen LogP contribution in [0, 0.1) is 0 Å². The van der Waals surface area contributed by atoms with Gasteiger partial charge in [-0.05, 0) is 26.7 Å². The average molecular weight is 170 g/mol. The highest BCUT2D eigenvalue weighted by atomic mass is 16.2. The minimum atomic E-state index is -0.851. The van der Waals surface area contributed by atoms with E-state index in [-0.39, 0.29) is 12.1 Å². The fraction of sp³-hybridized carbons (Fsp3) is 0.750. The number of rotatable bonds is 2. The van der Waals surface area contributed by atoms with Gasteiger partial charge in [-0.15, -0.1) is 0 Å². The molecule has 0 heterocycles. The summed E-state index contributed by atoms with van der Waals surface area (Å²) < 4.78 is 0. The molecular formula is C8H14N2O2. The predicted octanol–water partition coefficient (Wildman–Crippen LogP) is -0.129. The second-order valence-corrected chi connectivity index (χ2v) is 3.40. The van der Waals surface area contributed by atoms with E-state index in [2.05, 4.69) is 0 Å². The topological polar surface area (TPSA) is 63.4 Å². The number of carbonyl (C=O) groups excluding carboxylic acids is 2. The first-order chi connectivity index (χ1) is 5.54. The molecule has 68 valence electrons. The summed E-state index contributed by atoms with van der Waals surface area (Å²) in [5, 5.41) is 0. The van der Waals surface area contributed by atoms with E-state index in [1.165, 1.54) is 0 Å². The van der Waals surface area contributed by atoms with E-state index in [4.69, 9.17) is 5.73 Å². The van der Waals surface area contributed by atoms with Crippen LogP contribution in [0.4, 0.5) is 0 Å². The van der Waals surface area contributed by atoms with Crippen molar-refractivity contribution in [1.82, 2.24) is 4.90 Å². The third-order valence-electron chi connectivity index (χ3n) is 1.94. The van der Waals surface area contributed by atoms with Crippen LogP contribution in [0.5, 0.6) is 0 Å². The van der Waals surface area contributed by atoms with Crippen LogP contribution in [0.1, 0.15) is 26.7 Å². The van der Waals surface area contributed by atoms with Gasteiger partial charge in [-0.1, -0.05) is 0 Å². The molecule has 1 saturated carbocycles. The monoisotopic (exact) mass is 170 g/mol. The summed E-state index contributed by atoms with van der Waals surface area (Å²) in [6, 6.07) is 0.322. The molecular weight excluding hydrogens is 156 g/mol. The molecule has 0 bridgehead atoms. The fourth-order valence-corrected chi connectivity index (χ4v) is 1.30. The van der Waals surface area contributed by atoms with Crippen LogP contribution < -0.4 is 5.73 Å². The van der Waals surface area contributed by atoms with Crippen LogP contribution in [0.2, 0.25) is 0 Å². The van der Waals surface area contributed by atoms with Crippen molar-refractivity contribution in [2.45, 2.75) is 38.8 Å². The van der Waals surface area contributed by atoms with Crippen LogP contribution in [0.15, 0.2) is 0 Å². The maximum absolute atomic E-state index is 11.2. The molecule has 1 aliphatic carbocycles. The molecule has 1 rings (SSSR count). The zero-order chi connectivity index (χ0) is 9.30. The number of hydrogen-bond donors (Lipinski definition) is 1. The summed E-state index contributed by atoms with van der Waals surface area (Å²) in [5.41, 5.74) is 4.91. The van der Waals surface area contributed by atoms with Crippen molar-refractivity contribution in [3.05, 3.63) is 0 Å². The molecule has 0 aromatic rings. The molecule has 0 saturated heterocycles. The summed E-state index contributed by atoms with van der Waals surface area (Å²) in [6.07, 6.45) is 1.99. The summed E-state index contributed by atoms with van der Waals surface area (Å²) in [7, 11) is 0. The van der Waals surface area contributed by atoms with E-state index in [9.17, 15) is 9.59 Å². The number of nitrogens with two attached hydrogens (primary N) is 1. The Kier molecular flexibility index (Phi) is 2.35. The van der Waals surface area contributed by atoms with Gasteiger partial charge in [0.15, 0.2) is 0 Å². The molecule has 0 unspecified atom stereocenters. The molecule has 1 aliphatic rings. The van der Waals surface area contributed by atoms with Crippen molar-refractivity contribution >= 4 is 11.8 Å². The van der Waals surface area contributed by atoms with Crippen LogP contribution in [0.3, 0.4) is 0 Å². The first kappa shape index (κ1) is 9.03. The van der Waals surface area contributed by atoms with Gasteiger partial charge in [0, 0.05) is 12.1 Å². The number of amides is 2. The van der Waals surface area contributed by atoms with E-state index in [1.807, 2.05) is 13.8 Å². The lowest BCUT2D eigenvalue weighted by Crippen LogP contribution is -2.45. The molecule has 1 fully saturated rings. The normalized spacial score (nSPS) is 16.2. The van der Waals surface area contributed by atoms with Crippen molar-refractivity contribution in [3.63, 3.8) is 0 Å². The fourth-order valence-electron chi connectivity index (χ4n) is 1.30. The molecule has 4 nitrogen and oxygen atoms in total. The second kappa shape index (κ2) is 3.13. The zero-order valence-corrected chi connectivity index (χ0v) is 7.41. The minimum Gasteiger partial charge on any atom is -0.361 e.